The predicted molar refractivity (Wildman–Crippen MR) is 64.3 cm³/mol. The van der Waals surface area contributed by atoms with Crippen LogP contribution in [-0.2, 0) is 0 Å². The number of ether oxygens (including phenoxy) is 1. The second-order valence-corrected chi connectivity index (χ2v) is 3.52. The number of benzene rings is 2. The van der Waals surface area contributed by atoms with E-state index in [1.807, 2.05) is 0 Å². The number of rotatable bonds is 3. The van der Waals surface area contributed by atoms with E-state index in [9.17, 15) is 4.39 Å². The number of nitrogens with one attached hydrogen (secondary N) is 1. The molecule has 0 spiro atoms. The van der Waals surface area contributed by atoms with Crippen molar-refractivity contribution >= 4 is 11.4 Å². The van der Waals surface area contributed by atoms with Gasteiger partial charge in [0.15, 0.2) is 0 Å². The summed E-state index contributed by atoms with van der Waals surface area (Å²) >= 11 is 0. The third-order valence-corrected chi connectivity index (χ3v) is 2.31. The minimum atomic E-state index is -0.341. The standard InChI is InChI=1S/C13H12FNO2/c1-17-13-7-2-9(14)8-12(13)15-10-3-5-11(16)6-4-10/h2-8,15-16H,1H3. The molecule has 0 amide bonds. The molecule has 0 atom stereocenters. The van der Waals surface area contributed by atoms with Gasteiger partial charge < -0.3 is 15.2 Å². The second kappa shape index (κ2) is 4.74. The van der Waals surface area contributed by atoms with E-state index in [1.165, 1.54) is 19.2 Å². The zero-order valence-electron chi connectivity index (χ0n) is 9.27. The number of halogens is 1. The molecule has 0 heterocycles. The molecule has 0 aliphatic rings. The highest BCUT2D eigenvalue weighted by Gasteiger charge is 2.04. The topological polar surface area (TPSA) is 41.5 Å². The lowest BCUT2D eigenvalue weighted by molar-refractivity contribution is 0.416. The summed E-state index contributed by atoms with van der Waals surface area (Å²) in [4.78, 5) is 0. The van der Waals surface area contributed by atoms with Crippen LogP contribution < -0.4 is 10.1 Å². The Kier molecular flexibility index (Phi) is 3.14. The predicted octanol–water partition coefficient (Wildman–Crippen LogP) is 3.28. The van der Waals surface area contributed by atoms with Gasteiger partial charge in [0.2, 0.25) is 0 Å². The van der Waals surface area contributed by atoms with Gasteiger partial charge in [0.25, 0.3) is 0 Å². The molecular weight excluding hydrogens is 221 g/mol. The van der Waals surface area contributed by atoms with Crippen molar-refractivity contribution in [2.24, 2.45) is 0 Å². The molecule has 0 bridgehead atoms. The molecule has 2 aromatic rings. The van der Waals surface area contributed by atoms with Crippen LogP contribution in [0.3, 0.4) is 0 Å². The van der Waals surface area contributed by atoms with E-state index >= 15 is 0 Å². The van der Waals surface area contributed by atoms with Gasteiger partial charge in [0.1, 0.15) is 17.3 Å². The molecule has 0 radical (unpaired) electrons. The number of methoxy groups -OCH3 is 1. The smallest absolute Gasteiger partial charge is 0.142 e. The summed E-state index contributed by atoms with van der Waals surface area (Å²) in [6.07, 6.45) is 0. The van der Waals surface area contributed by atoms with Crippen LogP contribution in [0.5, 0.6) is 11.5 Å². The maximum absolute atomic E-state index is 13.1. The quantitative estimate of drug-likeness (QED) is 0.799. The number of phenolic OH excluding ortho intramolecular Hbond substituents is 1. The van der Waals surface area contributed by atoms with Crippen LogP contribution >= 0.6 is 0 Å². The van der Waals surface area contributed by atoms with Crippen LogP contribution in [0, 0.1) is 5.82 Å². The molecule has 0 saturated heterocycles. The Bertz CT molecular complexity index is 511. The van der Waals surface area contributed by atoms with Crippen molar-refractivity contribution in [3.63, 3.8) is 0 Å². The third kappa shape index (κ3) is 2.66. The van der Waals surface area contributed by atoms with Crippen molar-refractivity contribution in [3.05, 3.63) is 48.3 Å². The first-order chi connectivity index (χ1) is 8.19. The average Bonchev–Trinajstić information content (AvgIpc) is 2.32. The highest BCUT2D eigenvalue weighted by molar-refractivity contribution is 5.66. The molecule has 0 aliphatic heterocycles. The summed E-state index contributed by atoms with van der Waals surface area (Å²) in [7, 11) is 1.52. The molecule has 2 aromatic carbocycles. The van der Waals surface area contributed by atoms with E-state index in [0.29, 0.717) is 11.4 Å². The number of aromatic hydroxyl groups is 1. The number of hydrogen-bond acceptors (Lipinski definition) is 3. The van der Waals surface area contributed by atoms with Crippen molar-refractivity contribution in [2.75, 3.05) is 12.4 Å². The third-order valence-electron chi connectivity index (χ3n) is 2.31. The van der Waals surface area contributed by atoms with Crippen molar-refractivity contribution < 1.29 is 14.2 Å². The van der Waals surface area contributed by atoms with Gasteiger partial charge in [-0.2, -0.15) is 0 Å². The second-order valence-electron chi connectivity index (χ2n) is 3.52. The zero-order valence-corrected chi connectivity index (χ0v) is 9.27. The van der Waals surface area contributed by atoms with Crippen LogP contribution in [0.15, 0.2) is 42.5 Å². The van der Waals surface area contributed by atoms with Crippen LogP contribution in [0.1, 0.15) is 0 Å². The van der Waals surface area contributed by atoms with Gasteiger partial charge in [-0.05, 0) is 36.4 Å². The normalized spacial score (nSPS) is 10.0. The average molecular weight is 233 g/mol. The van der Waals surface area contributed by atoms with E-state index < -0.39 is 0 Å². The summed E-state index contributed by atoms with van der Waals surface area (Å²) in [6, 6.07) is 10.7. The summed E-state index contributed by atoms with van der Waals surface area (Å²) in [5.74, 6) is 0.397. The Balaban J connectivity index is 2.28. The summed E-state index contributed by atoms with van der Waals surface area (Å²) < 4.78 is 18.2. The summed E-state index contributed by atoms with van der Waals surface area (Å²) in [5.41, 5.74) is 1.28. The summed E-state index contributed by atoms with van der Waals surface area (Å²) in [5, 5.41) is 12.2. The van der Waals surface area contributed by atoms with Gasteiger partial charge in [-0.25, -0.2) is 4.39 Å². The van der Waals surface area contributed by atoms with Crippen LogP contribution in [0.4, 0.5) is 15.8 Å². The number of anilines is 2. The fourth-order valence-corrected chi connectivity index (χ4v) is 1.48. The lowest BCUT2D eigenvalue weighted by atomic mass is 10.2. The van der Waals surface area contributed by atoms with Crippen molar-refractivity contribution in [1.29, 1.82) is 0 Å². The Labute approximate surface area is 98.5 Å². The van der Waals surface area contributed by atoms with Crippen LogP contribution in [0.25, 0.3) is 0 Å². The van der Waals surface area contributed by atoms with Crippen molar-refractivity contribution in [3.8, 4) is 11.5 Å². The van der Waals surface area contributed by atoms with Crippen molar-refractivity contribution in [1.82, 2.24) is 0 Å². The lowest BCUT2D eigenvalue weighted by Gasteiger charge is -2.11. The van der Waals surface area contributed by atoms with Crippen LogP contribution in [-0.4, -0.2) is 12.2 Å². The molecule has 0 aliphatic carbocycles. The monoisotopic (exact) mass is 233 g/mol. The van der Waals surface area contributed by atoms with Gasteiger partial charge in [-0.3, -0.25) is 0 Å². The maximum atomic E-state index is 13.1. The Morgan fingerprint density at radius 2 is 1.82 bits per heavy atom. The molecule has 17 heavy (non-hydrogen) atoms. The van der Waals surface area contributed by atoms with Gasteiger partial charge in [0.05, 0.1) is 12.8 Å². The fraction of sp³-hybridized carbons (Fsp3) is 0.0769. The van der Waals surface area contributed by atoms with E-state index in [-0.39, 0.29) is 11.6 Å². The van der Waals surface area contributed by atoms with E-state index in [4.69, 9.17) is 9.84 Å². The zero-order chi connectivity index (χ0) is 12.3. The maximum Gasteiger partial charge on any atom is 0.142 e. The number of hydrogen-bond donors (Lipinski definition) is 2. The first kappa shape index (κ1) is 11.3. The molecule has 4 heteroatoms. The SMILES string of the molecule is COc1ccc(F)cc1Nc1ccc(O)cc1. The molecule has 88 valence electrons. The van der Waals surface area contributed by atoms with Crippen LogP contribution in [0.2, 0.25) is 0 Å². The molecule has 0 fully saturated rings. The van der Waals surface area contributed by atoms with Gasteiger partial charge in [-0.15, -0.1) is 0 Å². The van der Waals surface area contributed by atoms with Crippen molar-refractivity contribution in [2.45, 2.75) is 0 Å². The molecule has 2 N–H and O–H groups in total. The summed E-state index contributed by atoms with van der Waals surface area (Å²) in [6.45, 7) is 0. The Morgan fingerprint density at radius 1 is 1.12 bits per heavy atom. The molecule has 0 unspecified atom stereocenters. The van der Waals surface area contributed by atoms with E-state index in [1.54, 1.807) is 30.3 Å². The number of phenols is 1. The highest BCUT2D eigenvalue weighted by Crippen LogP contribution is 2.28. The Hall–Kier alpha value is -2.23. The van der Waals surface area contributed by atoms with Gasteiger partial charge >= 0.3 is 0 Å². The van der Waals surface area contributed by atoms with Gasteiger partial charge in [0, 0.05) is 11.8 Å². The highest BCUT2D eigenvalue weighted by atomic mass is 19.1. The van der Waals surface area contributed by atoms with Gasteiger partial charge in [-0.1, -0.05) is 0 Å². The lowest BCUT2D eigenvalue weighted by Crippen LogP contribution is -1.95. The first-order valence-corrected chi connectivity index (χ1v) is 5.08. The molecule has 2 rings (SSSR count). The minimum absolute atomic E-state index is 0.182. The largest absolute Gasteiger partial charge is 0.508 e. The Morgan fingerprint density at radius 3 is 2.47 bits per heavy atom. The fourth-order valence-electron chi connectivity index (χ4n) is 1.48. The first-order valence-electron chi connectivity index (χ1n) is 5.08. The molecule has 0 aromatic heterocycles. The van der Waals surface area contributed by atoms with E-state index in [0.717, 1.165) is 5.69 Å². The minimum Gasteiger partial charge on any atom is -0.508 e. The molecule has 0 saturated carbocycles. The molecule has 3 nitrogen and oxygen atoms in total. The van der Waals surface area contributed by atoms with E-state index in [2.05, 4.69) is 5.32 Å². The molecular formula is C13H12FNO2.